The second kappa shape index (κ2) is 15.4. The minimum Gasteiger partial charge on any atom is -0.507 e. The Kier molecular flexibility index (Phi) is 12.6. The van der Waals surface area contributed by atoms with Crippen molar-refractivity contribution in [2.75, 3.05) is 12.3 Å². The lowest BCUT2D eigenvalue weighted by atomic mass is 9.98. The fourth-order valence-corrected chi connectivity index (χ4v) is 4.39. The van der Waals surface area contributed by atoms with Gasteiger partial charge in [-0.05, 0) is 45.2 Å². The van der Waals surface area contributed by atoms with Crippen LogP contribution in [0.25, 0.3) is 0 Å². The second-order valence-corrected chi connectivity index (χ2v) is 11.0. The van der Waals surface area contributed by atoms with Gasteiger partial charge in [0.15, 0.2) is 0 Å². The molecule has 2 atom stereocenters. The summed E-state index contributed by atoms with van der Waals surface area (Å²) in [6, 6.07) is 12.4. The van der Waals surface area contributed by atoms with E-state index in [1.54, 1.807) is 45.9 Å². The quantitative estimate of drug-likeness (QED) is 0.198. The van der Waals surface area contributed by atoms with Crippen molar-refractivity contribution in [1.29, 1.82) is 0 Å². The third kappa shape index (κ3) is 10.1. The Morgan fingerprint density at radius 2 is 1.72 bits per heavy atom. The van der Waals surface area contributed by atoms with Gasteiger partial charge in [-0.1, -0.05) is 74.7 Å². The van der Waals surface area contributed by atoms with Gasteiger partial charge < -0.3 is 25.4 Å². The lowest BCUT2D eigenvalue weighted by Gasteiger charge is -2.34. The number of aromatic hydroxyl groups is 1. The van der Waals surface area contributed by atoms with Crippen LogP contribution in [0.5, 0.6) is 5.75 Å². The van der Waals surface area contributed by atoms with E-state index in [1.165, 1.54) is 4.90 Å². The van der Waals surface area contributed by atoms with Crippen molar-refractivity contribution in [1.82, 2.24) is 15.5 Å². The number of phenols is 1. The van der Waals surface area contributed by atoms with Crippen LogP contribution in [0.3, 0.4) is 0 Å². The summed E-state index contributed by atoms with van der Waals surface area (Å²) < 4.78 is 5.35. The lowest BCUT2D eigenvalue weighted by molar-refractivity contribution is -0.142. The van der Waals surface area contributed by atoms with Gasteiger partial charge in [0.2, 0.25) is 11.8 Å². The van der Waals surface area contributed by atoms with Crippen LogP contribution in [0.2, 0.25) is 0 Å². The monoisotopic (exact) mass is 557 g/mol. The van der Waals surface area contributed by atoms with Crippen LogP contribution in [-0.4, -0.2) is 51.9 Å². The van der Waals surface area contributed by atoms with E-state index in [2.05, 4.69) is 30.2 Å². The van der Waals surface area contributed by atoms with Crippen LogP contribution in [0, 0.1) is 6.92 Å². The zero-order valence-corrected chi connectivity index (χ0v) is 24.6. The number of ether oxygens (including phenoxy) is 1. The fraction of sp³-hybridized carbons (Fsp3) is 0.500. The number of hydrogen-bond donors (Lipinski definition) is 4. The van der Waals surface area contributed by atoms with Crippen molar-refractivity contribution in [2.45, 2.75) is 84.5 Å². The van der Waals surface area contributed by atoms with Gasteiger partial charge >= 0.3 is 6.09 Å². The van der Waals surface area contributed by atoms with Gasteiger partial charge in [-0.25, -0.2) is 4.79 Å². The number of carbonyl (C=O) groups excluding carboxylic acids is 3. The summed E-state index contributed by atoms with van der Waals surface area (Å²) in [6.07, 6.45) is 2.76. The number of nitrogens with one attached hydrogen (secondary N) is 2. The number of aryl methyl sites for hydroxylation is 1. The Bertz CT molecular complexity index is 1090. The largest absolute Gasteiger partial charge is 0.507 e. The van der Waals surface area contributed by atoms with Gasteiger partial charge in [-0.2, -0.15) is 12.6 Å². The summed E-state index contributed by atoms with van der Waals surface area (Å²) in [5.41, 5.74) is 1.06. The maximum absolute atomic E-state index is 14.0. The second-order valence-electron chi connectivity index (χ2n) is 10.6. The molecular formula is C30H43N3O5S. The standard InChI is InChI=1S/C30H43N3O5S/c1-6-7-8-12-18-33(28(36)24(20-39)32-29(37)38-30(3,4)5)25(23-17-13-14-21(2)26(23)34)27(35)31-19-22-15-10-9-11-16-22/h9-11,13-17,24-25,34,39H,6-8,12,18-20H2,1-5H3,(H,31,35)(H,32,37). The van der Waals surface area contributed by atoms with E-state index in [-0.39, 0.29) is 24.6 Å². The van der Waals surface area contributed by atoms with E-state index in [9.17, 15) is 19.5 Å². The molecule has 214 valence electrons. The number of unbranched alkanes of at least 4 members (excludes halogenated alkanes) is 3. The fourth-order valence-electron chi connectivity index (χ4n) is 4.15. The number of carbonyl (C=O) groups is 3. The summed E-state index contributed by atoms with van der Waals surface area (Å²) in [5, 5.41) is 16.5. The van der Waals surface area contributed by atoms with E-state index in [0.29, 0.717) is 17.5 Å². The highest BCUT2D eigenvalue weighted by Gasteiger charge is 2.37. The van der Waals surface area contributed by atoms with Crippen LogP contribution in [0.15, 0.2) is 48.5 Å². The Balaban J connectivity index is 2.46. The average Bonchev–Trinajstić information content (AvgIpc) is 2.89. The van der Waals surface area contributed by atoms with Crippen LogP contribution < -0.4 is 10.6 Å². The molecular weight excluding hydrogens is 514 g/mol. The highest BCUT2D eigenvalue weighted by Crippen LogP contribution is 2.32. The first-order chi connectivity index (χ1) is 18.5. The molecule has 0 aliphatic rings. The van der Waals surface area contributed by atoms with Gasteiger partial charge in [0.1, 0.15) is 23.4 Å². The third-order valence-electron chi connectivity index (χ3n) is 6.14. The molecule has 9 heteroatoms. The Labute approximate surface area is 237 Å². The molecule has 8 nitrogen and oxygen atoms in total. The van der Waals surface area contributed by atoms with Crippen LogP contribution in [0.1, 0.15) is 76.1 Å². The zero-order valence-electron chi connectivity index (χ0n) is 23.7. The molecule has 0 saturated carbocycles. The normalized spacial score (nSPS) is 12.8. The third-order valence-corrected chi connectivity index (χ3v) is 6.51. The molecule has 0 fully saturated rings. The van der Waals surface area contributed by atoms with Gasteiger partial charge in [-0.15, -0.1) is 0 Å². The Morgan fingerprint density at radius 1 is 1.03 bits per heavy atom. The molecule has 39 heavy (non-hydrogen) atoms. The van der Waals surface area contributed by atoms with Gasteiger partial charge in [0.05, 0.1) is 0 Å². The molecule has 0 saturated heterocycles. The first-order valence-electron chi connectivity index (χ1n) is 13.5. The van der Waals surface area contributed by atoms with Crippen molar-refractivity contribution in [3.8, 4) is 5.75 Å². The molecule has 0 heterocycles. The lowest BCUT2D eigenvalue weighted by Crippen LogP contribution is -2.54. The van der Waals surface area contributed by atoms with E-state index >= 15 is 0 Å². The number of hydrogen-bond acceptors (Lipinski definition) is 6. The molecule has 0 aliphatic heterocycles. The van der Waals surface area contributed by atoms with Crippen molar-refractivity contribution in [3.63, 3.8) is 0 Å². The number of thiol groups is 1. The molecule has 2 aromatic carbocycles. The molecule has 0 aromatic heterocycles. The summed E-state index contributed by atoms with van der Waals surface area (Å²) in [6.45, 7) is 9.55. The maximum atomic E-state index is 14.0. The van der Waals surface area contributed by atoms with Crippen LogP contribution >= 0.6 is 12.6 Å². The minimum absolute atomic E-state index is 0.00168. The van der Waals surface area contributed by atoms with Crippen LogP contribution in [0.4, 0.5) is 4.79 Å². The number of alkyl carbamates (subject to hydrolysis) is 1. The summed E-state index contributed by atoms with van der Waals surface area (Å²) >= 11 is 4.33. The van der Waals surface area contributed by atoms with Crippen molar-refractivity contribution in [3.05, 3.63) is 65.2 Å². The van der Waals surface area contributed by atoms with Crippen molar-refractivity contribution < 1.29 is 24.2 Å². The Hall–Kier alpha value is -3.20. The highest BCUT2D eigenvalue weighted by molar-refractivity contribution is 7.80. The summed E-state index contributed by atoms with van der Waals surface area (Å²) in [5.74, 6) is -0.958. The molecule has 0 aliphatic carbocycles. The van der Waals surface area contributed by atoms with Gasteiger partial charge in [0.25, 0.3) is 0 Å². The maximum Gasteiger partial charge on any atom is 0.408 e. The first-order valence-corrected chi connectivity index (χ1v) is 14.1. The topological polar surface area (TPSA) is 108 Å². The summed E-state index contributed by atoms with van der Waals surface area (Å²) in [4.78, 5) is 41.7. The SMILES string of the molecule is CCCCCCN(C(=O)C(CS)NC(=O)OC(C)(C)C)C(C(=O)NCc1ccccc1)c1cccc(C)c1O. The molecule has 0 radical (unpaired) electrons. The molecule has 3 N–H and O–H groups in total. The predicted molar refractivity (Wildman–Crippen MR) is 157 cm³/mol. The molecule has 2 aromatic rings. The average molecular weight is 558 g/mol. The van der Waals surface area contributed by atoms with Gasteiger partial charge in [-0.3, -0.25) is 9.59 Å². The highest BCUT2D eigenvalue weighted by atomic mass is 32.1. The molecule has 0 spiro atoms. The molecule has 2 unspecified atom stereocenters. The van der Waals surface area contributed by atoms with E-state index < -0.39 is 35.6 Å². The van der Waals surface area contributed by atoms with Crippen LogP contribution in [-0.2, 0) is 20.9 Å². The predicted octanol–water partition coefficient (Wildman–Crippen LogP) is 5.29. The van der Waals surface area contributed by atoms with E-state index in [1.807, 2.05) is 30.3 Å². The van der Waals surface area contributed by atoms with Crippen molar-refractivity contribution >= 4 is 30.5 Å². The van der Waals surface area contributed by atoms with E-state index in [4.69, 9.17) is 4.74 Å². The Morgan fingerprint density at radius 3 is 2.33 bits per heavy atom. The molecule has 3 amide bonds. The number of amides is 3. The number of para-hydroxylation sites is 1. The van der Waals surface area contributed by atoms with E-state index in [0.717, 1.165) is 24.8 Å². The number of nitrogens with zero attached hydrogens (tertiary/aromatic N) is 1. The smallest absolute Gasteiger partial charge is 0.408 e. The number of phenolic OH excluding ortho intramolecular Hbond substituents is 1. The first kappa shape index (κ1) is 32.0. The summed E-state index contributed by atoms with van der Waals surface area (Å²) in [7, 11) is 0. The zero-order chi connectivity index (χ0) is 29.0. The minimum atomic E-state index is -1.12. The number of benzene rings is 2. The number of rotatable bonds is 13. The van der Waals surface area contributed by atoms with Gasteiger partial charge in [0, 0.05) is 24.4 Å². The molecule has 0 bridgehead atoms. The molecule has 2 rings (SSSR count). The van der Waals surface area contributed by atoms with Crippen molar-refractivity contribution in [2.24, 2.45) is 0 Å².